The number of aromatic hydroxyl groups is 1. The number of benzene rings is 3. The van der Waals surface area contributed by atoms with Gasteiger partial charge in [-0.25, -0.2) is 4.98 Å². The summed E-state index contributed by atoms with van der Waals surface area (Å²) in [6.07, 6.45) is 5.29. The number of aliphatic hydroxyl groups excluding tert-OH is 2. The van der Waals surface area contributed by atoms with Gasteiger partial charge in [-0.2, -0.15) is 0 Å². The van der Waals surface area contributed by atoms with Crippen molar-refractivity contribution in [2.75, 3.05) is 65.4 Å². The quantitative estimate of drug-likeness (QED) is 0.0146. The van der Waals surface area contributed by atoms with Crippen molar-refractivity contribution in [3.05, 3.63) is 132 Å². The van der Waals surface area contributed by atoms with E-state index in [1.165, 1.54) is 74.7 Å². The molecule has 10 rings (SSSR count). The molecule has 4 aliphatic rings. The van der Waals surface area contributed by atoms with Gasteiger partial charge in [0.2, 0.25) is 88.6 Å². The summed E-state index contributed by atoms with van der Waals surface area (Å²) in [7, 11) is 4.02. The number of guanidine groups is 1. The van der Waals surface area contributed by atoms with E-state index in [9.17, 15) is 44.1 Å². The average molecular weight is 1950 g/mol. The van der Waals surface area contributed by atoms with E-state index in [0.717, 1.165) is 26.5 Å². The molecule has 3 saturated heterocycles. The summed E-state index contributed by atoms with van der Waals surface area (Å²) >= 11 is 0.782. The highest BCUT2D eigenvalue weighted by molar-refractivity contribution is 8.00. The molecule has 3 aromatic heterocycles. The van der Waals surface area contributed by atoms with Crippen LogP contribution in [0.2, 0.25) is 0 Å². The number of aromatic nitrogens is 4. The van der Waals surface area contributed by atoms with Crippen LogP contribution in [0.4, 0.5) is 0 Å². The lowest BCUT2D eigenvalue weighted by Crippen LogP contribution is -2.61. The minimum absolute atomic E-state index is 0.00150. The summed E-state index contributed by atoms with van der Waals surface area (Å²) in [4.78, 5) is 259. The minimum atomic E-state index is -1.61. The number of nitrogens with zero attached hydrogens (tertiary/aromatic N) is 6. The van der Waals surface area contributed by atoms with Crippen LogP contribution in [0.3, 0.4) is 0 Å². The van der Waals surface area contributed by atoms with Crippen molar-refractivity contribution in [1.29, 1.82) is 5.41 Å². The summed E-state index contributed by atoms with van der Waals surface area (Å²) < 4.78 is 0. The topological polar surface area (TPSA) is 671 Å². The van der Waals surface area contributed by atoms with Gasteiger partial charge in [-0.05, 0) is 138 Å². The normalized spacial score (nSPS) is 24.7. The Balaban J connectivity index is 1.03. The number of hydrogen-bond acceptors (Lipinski definition) is 24. The van der Waals surface area contributed by atoms with Crippen LogP contribution in [0.1, 0.15) is 159 Å². The molecule has 0 unspecified atom stereocenters. The fourth-order valence-electron chi connectivity index (χ4n) is 17.7. The number of hydrogen-bond donors (Lipinski definition) is 22. The Bertz CT molecular complexity index is 5380. The van der Waals surface area contributed by atoms with Crippen molar-refractivity contribution in [2.24, 2.45) is 22.9 Å². The Kier molecular flexibility index (Phi) is 39.9. The van der Waals surface area contributed by atoms with E-state index < -0.39 is 222 Å². The number of carbonyl (C=O) groups excluding carboxylic acids is 16. The summed E-state index contributed by atoms with van der Waals surface area (Å²) in [5.74, 6) is -16.0. The number of likely N-dealkylation sites (N-methyl/N-ethyl adjacent to an activating group) is 3. The molecule has 754 valence electrons. The summed E-state index contributed by atoms with van der Waals surface area (Å²) in [5, 5.41) is 72.6. The molecule has 15 atom stereocenters. The fraction of sp³-hybridized carbons (Fsp3) is 0.532. The van der Waals surface area contributed by atoms with Crippen molar-refractivity contribution in [1.82, 2.24) is 103 Å². The molecule has 139 heavy (non-hydrogen) atoms. The number of allylic oxidation sites excluding steroid dienone is 1. The van der Waals surface area contributed by atoms with Crippen LogP contribution in [0.15, 0.2) is 109 Å². The third kappa shape index (κ3) is 29.2. The van der Waals surface area contributed by atoms with Crippen LogP contribution < -0.4 is 81.4 Å². The molecule has 16 amide bonds. The molecule has 2 bridgehead atoms. The second kappa shape index (κ2) is 51.6. The third-order valence-corrected chi connectivity index (χ3v) is 26.6. The number of nitrogens with two attached hydrogens (primary N) is 4. The zero-order valence-corrected chi connectivity index (χ0v) is 80.0. The molecule has 7 heterocycles. The van der Waals surface area contributed by atoms with Crippen molar-refractivity contribution in [3.8, 4) is 5.75 Å². The first-order valence-electron chi connectivity index (χ1n) is 47.3. The van der Waals surface area contributed by atoms with Gasteiger partial charge in [0, 0.05) is 119 Å². The van der Waals surface area contributed by atoms with E-state index >= 15 is 47.9 Å². The van der Waals surface area contributed by atoms with E-state index in [4.69, 9.17) is 28.3 Å². The second-order valence-electron chi connectivity index (χ2n) is 35.7. The molecule has 45 heteroatoms. The number of unbranched alkanes of at least 4 members (excludes halogenated alkanes) is 4. The van der Waals surface area contributed by atoms with Gasteiger partial charge in [0.25, 0.3) is 5.91 Å². The summed E-state index contributed by atoms with van der Waals surface area (Å²) in [5.41, 5.74) is 26.3. The maximum atomic E-state index is 16.0. The monoisotopic (exact) mass is 1950 g/mol. The zero-order chi connectivity index (χ0) is 101. The van der Waals surface area contributed by atoms with Gasteiger partial charge in [0.05, 0.1) is 36.1 Å². The largest absolute Gasteiger partial charge is 0.510 e. The lowest BCUT2D eigenvalue weighted by atomic mass is 9.99. The number of imidazole rings is 1. The molecule has 0 radical (unpaired) electrons. The fourth-order valence-corrected chi connectivity index (χ4v) is 18.6. The Morgan fingerprint density at radius 1 is 0.532 bits per heavy atom. The van der Waals surface area contributed by atoms with E-state index in [1.54, 1.807) is 48.8 Å². The molecule has 0 aliphatic carbocycles. The minimum Gasteiger partial charge on any atom is -0.510 e. The van der Waals surface area contributed by atoms with Gasteiger partial charge in [0.15, 0.2) is 5.96 Å². The number of fused-ring (bicyclic) bond motifs is 4. The molecule has 0 saturated carbocycles. The van der Waals surface area contributed by atoms with Crippen LogP contribution in [-0.4, -0.2) is 316 Å². The SMILES string of the molecule is CCCC[C@H]1C(=O)N(C)[C@@H](CCCC)C(=O)N[C@@H](CCCNC(=N)N)C(=O)N[C@H](C(=O)NCC(N)=O)CSCC(=O)N[C@@H](Cc2ccc(O)cc2)C(=O)N(C)[C@@H](C)C(=O)N[C@H]2CC(O)=C3CC[C@@H](C(=O)N[C@@H](Cc4c[nH]cn4)C(=O)N[C@@H](CCCCN)C(=O)N4C[C@H](O)C[C@H]4C(=O)N[C@@H](Cc4c[nH]c5ccccc45)C(=O)N[C@@H](CCCCN)C(=O)N[C@@H](Cc4c[nH]c5ccccc45)C(=O)N1C)N3C2=O. The molecule has 26 N–H and O–H groups in total. The predicted molar refractivity (Wildman–Crippen MR) is 515 cm³/mol. The molecular formula is C94H133N25O19S. The molecule has 6 aromatic rings. The Hall–Kier alpha value is -13.7. The number of rotatable bonds is 29. The van der Waals surface area contributed by atoms with E-state index in [1.807, 2.05) is 26.0 Å². The lowest BCUT2D eigenvalue weighted by Gasteiger charge is -2.36. The van der Waals surface area contributed by atoms with Gasteiger partial charge in [-0.3, -0.25) is 87.0 Å². The first-order valence-corrected chi connectivity index (χ1v) is 48.4. The maximum Gasteiger partial charge on any atom is 0.250 e. The highest BCUT2D eigenvalue weighted by Crippen LogP contribution is 2.36. The highest BCUT2D eigenvalue weighted by atomic mass is 32.2. The summed E-state index contributed by atoms with van der Waals surface area (Å²) in [6.45, 7) is 4.19. The standard InChI is InChI=1S/C94H133N25O19S/c1-7-9-27-73-86(131)108-64(26-19-37-101-94(98)99)83(128)114-71(81(126)104-47-78(97)123)49-139-50-79(124)106-68(38-53-29-31-57(120)32-30-53)89(134)115(4)52(3)80(125)112-70-43-77(122)72-33-34-74(119(72)92(70)137)87(132)111-67(41-56-46-100-51-105-56)85(130)109-65(25-16-18-36-96)91(136)118-48-58(121)42-76(118)88(133)110-66(39-54-44-102-61-22-13-11-20-59(54)61)84(129)107-63(24-15-17-35-95)82(127)113-69(40-55-45-103-62-23-14-12-21-60(55)62)90(135)117(6)75(28-10-8-2)93(138)116(73)5/h11-14,20-23,29-32,44-46,51-52,58,63-71,73-76,102-103,120-122H,7-10,15-19,24-28,33-43,47-50,95-96H2,1-6H3,(H2,97,123)(H,100,105)(H,104,126)(H,106,124)(H,107,129)(H,108,131)(H,109,130)(H,110,133)(H,111,132)(H,112,125)(H,113,127)(H,114,128)(H4,98,99,101)/t52-,58+,63-,64-,65-,66-,67-,68-,69-,70-,71-,73-,74-,75-,76-/m0/s1. The van der Waals surface area contributed by atoms with Crippen LogP contribution in [-0.2, 0) is 102 Å². The second-order valence-corrected chi connectivity index (χ2v) is 36.7. The number of phenols is 1. The maximum absolute atomic E-state index is 16.0. The smallest absolute Gasteiger partial charge is 0.250 e. The number of nitrogens with one attached hydrogen (secondary N) is 15. The molecular weight excluding hydrogens is 1820 g/mol. The number of H-pyrrole nitrogens is 3. The first kappa shape index (κ1) is 107. The van der Waals surface area contributed by atoms with Gasteiger partial charge in [0.1, 0.15) is 96.1 Å². The number of aromatic amines is 3. The third-order valence-electron chi connectivity index (χ3n) is 25.6. The molecule has 3 aromatic carbocycles. The van der Waals surface area contributed by atoms with Crippen molar-refractivity contribution < 1.29 is 92.0 Å². The van der Waals surface area contributed by atoms with Gasteiger partial charge in [-0.15, -0.1) is 11.8 Å². The van der Waals surface area contributed by atoms with Crippen LogP contribution in [0, 0.1) is 5.41 Å². The number of thioether (sulfide) groups is 1. The van der Waals surface area contributed by atoms with Crippen LogP contribution in [0.5, 0.6) is 5.75 Å². The number of carbonyl (C=O) groups is 16. The number of amides is 16. The Morgan fingerprint density at radius 2 is 1.06 bits per heavy atom. The van der Waals surface area contributed by atoms with E-state index in [0.29, 0.717) is 77.0 Å². The number of aliphatic hydroxyl groups is 2. The lowest BCUT2D eigenvalue weighted by molar-refractivity contribution is -0.149. The van der Waals surface area contributed by atoms with Crippen LogP contribution in [0.25, 0.3) is 21.8 Å². The van der Waals surface area contributed by atoms with Crippen LogP contribution >= 0.6 is 11.8 Å². The number of para-hydroxylation sites is 2. The highest BCUT2D eigenvalue weighted by Gasteiger charge is 2.49. The summed E-state index contributed by atoms with van der Waals surface area (Å²) in [6, 6.07) is -1.00. The van der Waals surface area contributed by atoms with Crippen molar-refractivity contribution in [2.45, 2.75) is 253 Å². The van der Waals surface area contributed by atoms with E-state index in [-0.39, 0.29) is 139 Å². The van der Waals surface area contributed by atoms with Gasteiger partial charge in [-0.1, -0.05) is 88.1 Å². The average Bonchev–Trinajstić information content (AvgIpc) is 1.64. The predicted octanol–water partition coefficient (Wildman–Crippen LogP) is -1.41. The molecule has 4 aliphatic heterocycles. The van der Waals surface area contributed by atoms with Crippen molar-refractivity contribution >= 4 is 134 Å². The van der Waals surface area contributed by atoms with Gasteiger partial charge < -0.3 is 131 Å². The molecule has 3 fully saturated rings. The van der Waals surface area contributed by atoms with Crippen molar-refractivity contribution in [3.63, 3.8) is 0 Å². The number of phenolic OH excluding ortho intramolecular Hbond substituents is 1. The van der Waals surface area contributed by atoms with E-state index in [2.05, 4.69) is 78.4 Å². The Labute approximate surface area is 808 Å². The molecule has 44 nitrogen and oxygen atoms in total. The number of primary amides is 1. The Morgan fingerprint density at radius 3 is 1.67 bits per heavy atom. The zero-order valence-electron chi connectivity index (χ0n) is 79.2. The molecule has 0 spiro atoms. The first-order chi connectivity index (χ1) is 66.5. The van der Waals surface area contributed by atoms with Gasteiger partial charge >= 0.3 is 0 Å².